The predicted molar refractivity (Wildman–Crippen MR) is 108 cm³/mol. The van der Waals surface area contributed by atoms with Crippen molar-refractivity contribution in [3.05, 3.63) is 30.3 Å². The first-order valence-electron chi connectivity index (χ1n) is 10.3. The van der Waals surface area contributed by atoms with Crippen molar-refractivity contribution >= 4 is 17.5 Å². The Morgan fingerprint density at radius 1 is 0.852 bits per heavy atom. The molecule has 2 heterocycles. The van der Waals surface area contributed by atoms with Crippen LogP contribution in [0, 0.1) is 0 Å². The molecule has 0 radical (unpaired) electrons. The number of carbonyl (C=O) groups excluding carboxylic acids is 2. The molecule has 2 saturated heterocycles. The molecule has 2 fully saturated rings. The largest absolute Gasteiger partial charge is 0.342 e. The molecule has 6 heteroatoms. The molecule has 0 atom stereocenters. The number of carbonyl (C=O) groups is 2. The van der Waals surface area contributed by atoms with Gasteiger partial charge in [-0.2, -0.15) is 0 Å². The monoisotopic (exact) mass is 372 g/mol. The van der Waals surface area contributed by atoms with E-state index in [4.69, 9.17) is 0 Å². The Morgan fingerprint density at radius 2 is 1.44 bits per heavy atom. The van der Waals surface area contributed by atoms with Gasteiger partial charge >= 0.3 is 0 Å². The average Bonchev–Trinajstić information content (AvgIpc) is 2.71. The van der Waals surface area contributed by atoms with Crippen molar-refractivity contribution < 1.29 is 9.59 Å². The Balaban J connectivity index is 1.43. The lowest BCUT2D eigenvalue weighted by molar-refractivity contribution is -0.134. The maximum Gasteiger partial charge on any atom is 0.241 e. The van der Waals surface area contributed by atoms with Crippen LogP contribution >= 0.6 is 0 Å². The van der Waals surface area contributed by atoms with Gasteiger partial charge in [-0.05, 0) is 38.3 Å². The van der Waals surface area contributed by atoms with E-state index in [0.29, 0.717) is 19.6 Å². The van der Waals surface area contributed by atoms with Crippen LogP contribution < -0.4 is 4.90 Å². The molecule has 0 unspecified atom stereocenters. The van der Waals surface area contributed by atoms with Crippen LogP contribution in [0.5, 0.6) is 0 Å². The highest BCUT2D eigenvalue weighted by atomic mass is 16.2. The quantitative estimate of drug-likeness (QED) is 0.762. The van der Waals surface area contributed by atoms with E-state index in [0.717, 1.165) is 57.8 Å². The molecule has 0 aromatic heterocycles. The molecule has 6 nitrogen and oxygen atoms in total. The van der Waals surface area contributed by atoms with Crippen LogP contribution in [0.25, 0.3) is 0 Å². The summed E-state index contributed by atoms with van der Waals surface area (Å²) in [4.78, 5) is 33.4. The molecule has 0 saturated carbocycles. The summed E-state index contributed by atoms with van der Waals surface area (Å²) in [5.74, 6) is 0.405. The van der Waals surface area contributed by atoms with Crippen LogP contribution in [0.1, 0.15) is 26.2 Å². The van der Waals surface area contributed by atoms with Gasteiger partial charge in [0, 0.05) is 51.5 Å². The number of rotatable bonds is 6. The third-order valence-electron chi connectivity index (χ3n) is 5.58. The zero-order chi connectivity index (χ0) is 19.1. The second kappa shape index (κ2) is 9.85. The molecule has 0 spiro atoms. The molecule has 2 aliphatic heterocycles. The third-order valence-corrected chi connectivity index (χ3v) is 5.58. The second-order valence-electron chi connectivity index (χ2n) is 7.47. The highest BCUT2D eigenvalue weighted by Gasteiger charge is 2.24. The molecule has 0 N–H and O–H groups in total. The van der Waals surface area contributed by atoms with Gasteiger partial charge in [-0.15, -0.1) is 0 Å². The van der Waals surface area contributed by atoms with E-state index in [9.17, 15) is 9.59 Å². The second-order valence-corrected chi connectivity index (χ2v) is 7.47. The van der Waals surface area contributed by atoms with Crippen LogP contribution in [0.3, 0.4) is 0 Å². The Morgan fingerprint density at radius 3 is 2.04 bits per heavy atom. The van der Waals surface area contributed by atoms with E-state index < -0.39 is 0 Å². The molecule has 1 aromatic carbocycles. The van der Waals surface area contributed by atoms with E-state index >= 15 is 0 Å². The first-order valence-corrected chi connectivity index (χ1v) is 10.3. The lowest BCUT2D eigenvalue weighted by Gasteiger charge is -2.36. The number of likely N-dealkylation sites (N-methyl/N-ethyl adjacent to an activating group) is 1. The molecule has 2 aliphatic rings. The molecule has 148 valence electrons. The summed E-state index contributed by atoms with van der Waals surface area (Å²) >= 11 is 0. The minimum Gasteiger partial charge on any atom is -0.342 e. The highest BCUT2D eigenvalue weighted by molar-refractivity contribution is 5.94. The first kappa shape index (κ1) is 19.8. The van der Waals surface area contributed by atoms with E-state index in [2.05, 4.69) is 9.80 Å². The van der Waals surface area contributed by atoms with Gasteiger partial charge in [0.15, 0.2) is 0 Å². The van der Waals surface area contributed by atoms with Crippen LogP contribution in [-0.4, -0.2) is 85.4 Å². The van der Waals surface area contributed by atoms with Crippen LogP contribution in [0.2, 0.25) is 0 Å². The number of hydrogen-bond acceptors (Lipinski definition) is 4. The SMILES string of the molecule is CCN(C(=O)CN1CCN(CC(=O)N2CCCCC2)CC1)c1ccccc1. The Kier molecular flexibility index (Phi) is 7.24. The minimum absolute atomic E-state index is 0.140. The number of piperazine rings is 1. The standard InChI is InChI=1S/C21H32N4O2/c1-2-25(19-9-5-3-6-10-19)21(27)18-23-15-13-22(14-16-23)17-20(26)24-11-7-4-8-12-24/h3,5-6,9-10H,2,4,7-8,11-18H2,1H3. The van der Waals surface area contributed by atoms with Crippen molar-refractivity contribution in [1.82, 2.24) is 14.7 Å². The van der Waals surface area contributed by atoms with Crippen LogP contribution in [0.4, 0.5) is 5.69 Å². The number of amides is 2. The van der Waals surface area contributed by atoms with Gasteiger partial charge in [-0.3, -0.25) is 19.4 Å². The Bertz CT molecular complexity index is 608. The molecule has 27 heavy (non-hydrogen) atoms. The molecular weight excluding hydrogens is 340 g/mol. The molecule has 1 aromatic rings. The minimum atomic E-state index is 0.140. The van der Waals surface area contributed by atoms with Gasteiger partial charge in [0.05, 0.1) is 13.1 Å². The average molecular weight is 373 g/mol. The number of para-hydroxylation sites is 1. The predicted octanol–water partition coefficient (Wildman–Crippen LogP) is 1.67. The van der Waals surface area contributed by atoms with E-state index in [1.54, 1.807) is 0 Å². The maximum absolute atomic E-state index is 12.7. The smallest absolute Gasteiger partial charge is 0.241 e. The summed E-state index contributed by atoms with van der Waals surface area (Å²) < 4.78 is 0. The van der Waals surface area contributed by atoms with E-state index in [1.807, 2.05) is 47.1 Å². The molecule has 2 amide bonds. The fourth-order valence-electron chi connectivity index (χ4n) is 3.93. The van der Waals surface area contributed by atoms with Gasteiger partial charge in [0.2, 0.25) is 11.8 Å². The number of benzene rings is 1. The molecule has 0 bridgehead atoms. The van der Waals surface area contributed by atoms with Gasteiger partial charge in [-0.1, -0.05) is 18.2 Å². The Labute approximate surface area is 162 Å². The number of anilines is 1. The van der Waals surface area contributed by atoms with Crippen molar-refractivity contribution in [3.8, 4) is 0 Å². The van der Waals surface area contributed by atoms with Crippen molar-refractivity contribution in [3.63, 3.8) is 0 Å². The van der Waals surface area contributed by atoms with Gasteiger partial charge < -0.3 is 9.80 Å². The van der Waals surface area contributed by atoms with Crippen LogP contribution in [0.15, 0.2) is 30.3 Å². The number of piperidine rings is 1. The van der Waals surface area contributed by atoms with Crippen molar-refractivity contribution in [2.75, 3.05) is 63.8 Å². The van der Waals surface area contributed by atoms with Crippen molar-refractivity contribution in [2.45, 2.75) is 26.2 Å². The summed E-state index contributed by atoms with van der Waals surface area (Å²) in [6, 6.07) is 9.84. The summed E-state index contributed by atoms with van der Waals surface area (Å²) in [5.41, 5.74) is 0.954. The molecule has 3 rings (SSSR count). The highest BCUT2D eigenvalue weighted by Crippen LogP contribution is 2.14. The fraction of sp³-hybridized carbons (Fsp3) is 0.619. The summed E-state index contributed by atoms with van der Waals surface area (Å²) in [6.45, 7) is 8.86. The number of hydrogen-bond donors (Lipinski definition) is 0. The van der Waals surface area contributed by atoms with Gasteiger partial charge in [0.1, 0.15) is 0 Å². The van der Waals surface area contributed by atoms with E-state index in [-0.39, 0.29) is 11.8 Å². The third kappa shape index (κ3) is 5.53. The molecule has 0 aliphatic carbocycles. The number of nitrogens with zero attached hydrogens (tertiary/aromatic N) is 4. The number of likely N-dealkylation sites (tertiary alicyclic amines) is 1. The lowest BCUT2D eigenvalue weighted by atomic mass is 10.1. The first-order chi connectivity index (χ1) is 13.2. The van der Waals surface area contributed by atoms with Crippen molar-refractivity contribution in [2.24, 2.45) is 0 Å². The Hall–Kier alpha value is -1.92. The fourth-order valence-corrected chi connectivity index (χ4v) is 3.93. The van der Waals surface area contributed by atoms with Crippen LogP contribution in [-0.2, 0) is 9.59 Å². The van der Waals surface area contributed by atoms with Crippen molar-refractivity contribution in [1.29, 1.82) is 0 Å². The van der Waals surface area contributed by atoms with Gasteiger partial charge in [0.25, 0.3) is 0 Å². The topological polar surface area (TPSA) is 47.1 Å². The zero-order valence-electron chi connectivity index (χ0n) is 16.5. The normalized spacial score (nSPS) is 19.1. The van der Waals surface area contributed by atoms with E-state index in [1.165, 1.54) is 6.42 Å². The summed E-state index contributed by atoms with van der Waals surface area (Å²) in [7, 11) is 0. The zero-order valence-corrected chi connectivity index (χ0v) is 16.5. The van der Waals surface area contributed by atoms with Gasteiger partial charge in [-0.25, -0.2) is 0 Å². The summed E-state index contributed by atoms with van der Waals surface area (Å²) in [6.07, 6.45) is 3.52. The lowest BCUT2D eigenvalue weighted by Crippen LogP contribution is -2.52. The molecular formula is C21H32N4O2. The maximum atomic E-state index is 12.7. The summed E-state index contributed by atoms with van der Waals surface area (Å²) in [5, 5.41) is 0.